The molecule has 1 saturated heterocycles. The molecule has 1 rings (SSSR count). The molecule has 0 aromatic rings. The van der Waals surface area contributed by atoms with E-state index in [-0.39, 0.29) is 12.5 Å². The molecule has 0 aromatic carbocycles. The summed E-state index contributed by atoms with van der Waals surface area (Å²) in [6.07, 6.45) is 52.3. The van der Waals surface area contributed by atoms with Crippen LogP contribution in [0.25, 0.3) is 0 Å². The highest BCUT2D eigenvalue weighted by Gasteiger charge is 2.44. The number of hydrogen-bond donors (Lipinski definition) is 6. The van der Waals surface area contributed by atoms with Crippen LogP contribution in [0.1, 0.15) is 277 Å². The Kier molecular flexibility index (Phi) is 45.0. The van der Waals surface area contributed by atoms with Crippen molar-refractivity contribution in [1.82, 2.24) is 5.32 Å². The van der Waals surface area contributed by atoms with E-state index in [2.05, 4.69) is 43.5 Å². The molecule has 1 amide bonds. The number of aliphatic hydroxyl groups is 5. The molecule has 7 unspecified atom stereocenters. The van der Waals surface area contributed by atoms with Crippen LogP contribution in [0.3, 0.4) is 0 Å². The van der Waals surface area contributed by atoms with E-state index >= 15 is 0 Å². The maximum Gasteiger partial charge on any atom is 0.220 e. The summed E-state index contributed by atoms with van der Waals surface area (Å²) in [5, 5.41) is 54.4. The molecule has 0 bridgehead atoms. The summed E-state index contributed by atoms with van der Waals surface area (Å²) >= 11 is 0. The Labute approximate surface area is 407 Å². The van der Waals surface area contributed by atoms with Crippen molar-refractivity contribution in [2.45, 2.75) is 320 Å². The van der Waals surface area contributed by atoms with Crippen molar-refractivity contribution in [3.8, 4) is 0 Å². The minimum absolute atomic E-state index is 0.134. The number of carbonyl (C=O) groups excluding carboxylic acids is 1. The van der Waals surface area contributed by atoms with Gasteiger partial charge in [0.25, 0.3) is 0 Å². The molecule has 0 spiro atoms. The first-order valence-electron chi connectivity index (χ1n) is 28.5. The van der Waals surface area contributed by atoms with Crippen LogP contribution in [0, 0.1) is 0 Å². The van der Waals surface area contributed by atoms with Crippen LogP contribution in [-0.2, 0) is 14.3 Å². The van der Waals surface area contributed by atoms with Crippen molar-refractivity contribution in [3.63, 3.8) is 0 Å². The zero-order valence-electron chi connectivity index (χ0n) is 43.2. The van der Waals surface area contributed by atoms with E-state index in [1.54, 1.807) is 0 Å². The fraction of sp³-hybridized carbons (Fsp3) is 0.912. The lowest BCUT2D eigenvalue weighted by Gasteiger charge is -2.40. The maximum absolute atomic E-state index is 13.0. The number of nitrogens with one attached hydrogen (secondary N) is 1. The fourth-order valence-corrected chi connectivity index (χ4v) is 9.25. The van der Waals surface area contributed by atoms with Gasteiger partial charge in [-0.2, -0.15) is 0 Å². The van der Waals surface area contributed by atoms with Crippen LogP contribution in [0.15, 0.2) is 24.3 Å². The van der Waals surface area contributed by atoms with Crippen molar-refractivity contribution in [3.05, 3.63) is 24.3 Å². The standard InChI is InChI=1S/C57H109NO8/c1-3-5-7-9-11-13-15-16-17-18-19-20-21-22-23-24-25-26-27-28-29-30-31-32-33-34-35-36-37-39-41-43-45-47-53(61)58-50(49-65-57-56(64)55(63)54(62)52(48-59)66-57)51(60)46-44-42-40-38-14-12-10-8-6-4-2/h15-16,18-19,50-52,54-57,59-60,62-64H,3-14,17,20-49H2,1-2H3,(H,58,61)/b16-15-,19-18-. The second-order valence-electron chi connectivity index (χ2n) is 20.1. The molecule has 0 radical (unpaired) electrons. The molecule has 0 aliphatic carbocycles. The first-order valence-corrected chi connectivity index (χ1v) is 28.5. The molecule has 9 heteroatoms. The number of carbonyl (C=O) groups is 1. The molecular formula is C57H109NO8. The average Bonchev–Trinajstić information content (AvgIpc) is 3.32. The maximum atomic E-state index is 13.0. The summed E-state index contributed by atoms with van der Waals surface area (Å²) in [5.41, 5.74) is 0. The molecule has 1 fully saturated rings. The number of hydrogen-bond acceptors (Lipinski definition) is 8. The summed E-state index contributed by atoms with van der Waals surface area (Å²) < 4.78 is 11.3. The smallest absolute Gasteiger partial charge is 0.220 e. The van der Waals surface area contributed by atoms with E-state index in [1.165, 1.54) is 205 Å². The van der Waals surface area contributed by atoms with Gasteiger partial charge in [0.2, 0.25) is 5.91 Å². The summed E-state index contributed by atoms with van der Waals surface area (Å²) in [7, 11) is 0. The van der Waals surface area contributed by atoms with Gasteiger partial charge in [0.1, 0.15) is 24.4 Å². The van der Waals surface area contributed by atoms with Crippen molar-refractivity contribution in [1.29, 1.82) is 0 Å². The molecule has 0 aromatic heterocycles. The Morgan fingerprint density at radius 1 is 0.515 bits per heavy atom. The molecule has 7 atom stereocenters. The van der Waals surface area contributed by atoms with Gasteiger partial charge < -0.3 is 40.3 Å². The zero-order valence-corrected chi connectivity index (χ0v) is 43.2. The molecule has 1 aliphatic heterocycles. The molecule has 1 aliphatic rings. The van der Waals surface area contributed by atoms with E-state index in [9.17, 15) is 30.3 Å². The molecule has 1 heterocycles. The first-order chi connectivity index (χ1) is 32.3. The van der Waals surface area contributed by atoms with Gasteiger partial charge >= 0.3 is 0 Å². The van der Waals surface area contributed by atoms with E-state index in [0.29, 0.717) is 12.8 Å². The predicted molar refractivity (Wildman–Crippen MR) is 277 cm³/mol. The minimum Gasteiger partial charge on any atom is -0.394 e. The predicted octanol–water partition coefficient (Wildman–Crippen LogP) is 13.8. The third kappa shape index (κ3) is 36.6. The Morgan fingerprint density at radius 3 is 1.30 bits per heavy atom. The van der Waals surface area contributed by atoms with Crippen LogP contribution in [0.4, 0.5) is 0 Å². The van der Waals surface area contributed by atoms with E-state index < -0.39 is 49.5 Å². The molecule has 9 nitrogen and oxygen atoms in total. The Balaban J connectivity index is 2.06. The molecule has 6 N–H and O–H groups in total. The van der Waals surface area contributed by atoms with Crippen molar-refractivity contribution in [2.24, 2.45) is 0 Å². The van der Waals surface area contributed by atoms with Gasteiger partial charge in [0.15, 0.2) is 6.29 Å². The van der Waals surface area contributed by atoms with E-state index in [4.69, 9.17) is 9.47 Å². The van der Waals surface area contributed by atoms with E-state index in [1.807, 2.05) is 0 Å². The van der Waals surface area contributed by atoms with Gasteiger partial charge in [-0.3, -0.25) is 4.79 Å². The fourth-order valence-electron chi connectivity index (χ4n) is 9.25. The average molecular weight is 936 g/mol. The normalized spacial score (nSPS) is 19.9. The third-order valence-corrected chi connectivity index (χ3v) is 13.8. The Bertz CT molecular complexity index is 1090. The van der Waals surface area contributed by atoms with Crippen LogP contribution in [-0.4, -0.2) is 87.5 Å². The van der Waals surface area contributed by atoms with Crippen LogP contribution < -0.4 is 5.32 Å². The van der Waals surface area contributed by atoms with Gasteiger partial charge in [-0.25, -0.2) is 0 Å². The largest absolute Gasteiger partial charge is 0.394 e. The topological polar surface area (TPSA) is 149 Å². The van der Waals surface area contributed by atoms with Crippen molar-refractivity contribution in [2.75, 3.05) is 13.2 Å². The number of unbranched alkanes of at least 4 members (excludes halogenated alkanes) is 35. The van der Waals surface area contributed by atoms with Crippen molar-refractivity contribution < 1.29 is 39.8 Å². The highest BCUT2D eigenvalue weighted by molar-refractivity contribution is 5.76. The second kappa shape index (κ2) is 47.4. The summed E-state index contributed by atoms with van der Waals surface area (Å²) in [6, 6.07) is -0.714. The van der Waals surface area contributed by atoms with Gasteiger partial charge in [0.05, 0.1) is 25.4 Å². The highest BCUT2D eigenvalue weighted by Crippen LogP contribution is 2.23. The minimum atomic E-state index is -1.55. The summed E-state index contributed by atoms with van der Waals surface area (Å²) in [4.78, 5) is 13.0. The van der Waals surface area contributed by atoms with Crippen LogP contribution in [0.5, 0.6) is 0 Å². The second-order valence-corrected chi connectivity index (χ2v) is 20.1. The number of rotatable bonds is 49. The lowest BCUT2D eigenvalue weighted by molar-refractivity contribution is -0.302. The molecule has 390 valence electrons. The number of amides is 1. The number of allylic oxidation sites excluding steroid dienone is 4. The molecule has 0 saturated carbocycles. The van der Waals surface area contributed by atoms with Gasteiger partial charge in [-0.05, 0) is 44.9 Å². The number of aliphatic hydroxyl groups excluding tert-OH is 5. The Hall–Kier alpha value is -1.33. The lowest BCUT2D eigenvalue weighted by atomic mass is 9.99. The van der Waals surface area contributed by atoms with Crippen LogP contribution >= 0.6 is 0 Å². The highest BCUT2D eigenvalue weighted by atomic mass is 16.7. The summed E-state index contributed by atoms with van der Waals surface area (Å²) in [5.74, 6) is -0.141. The zero-order chi connectivity index (χ0) is 48.0. The molecular weight excluding hydrogens is 827 g/mol. The quantitative estimate of drug-likeness (QED) is 0.0261. The SMILES string of the molecule is CCCCCCC/C=C\C/C=C\CCCCCCCCCCCCCCCCCCCCCCCC(=O)NC(COC1OC(CO)C(O)C(O)C1O)C(O)CCCCCCCCCCCC. The van der Waals surface area contributed by atoms with Crippen LogP contribution in [0.2, 0.25) is 0 Å². The lowest BCUT2D eigenvalue weighted by Crippen LogP contribution is -2.60. The summed E-state index contributed by atoms with van der Waals surface area (Å²) in [6.45, 7) is 3.83. The third-order valence-electron chi connectivity index (χ3n) is 13.8. The first kappa shape index (κ1) is 62.7. The molecule has 66 heavy (non-hydrogen) atoms. The monoisotopic (exact) mass is 936 g/mol. The van der Waals surface area contributed by atoms with Gasteiger partial charge in [-0.1, -0.05) is 250 Å². The van der Waals surface area contributed by atoms with Gasteiger partial charge in [0, 0.05) is 6.42 Å². The number of ether oxygens (including phenoxy) is 2. The van der Waals surface area contributed by atoms with Gasteiger partial charge in [-0.15, -0.1) is 0 Å². The van der Waals surface area contributed by atoms with E-state index in [0.717, 1.165) is 44.9 Å². The Morgan fingerprint density at radius 2 is 0.894 bits per heavy atom. The van der Waals surface area contributed by atoms with Crippen molar-refractivity contribution >= 4 is 5.91 Å².